The quantitative estimate of drug-likeness (QED) is 0.590. The molecule has 0 saturated carbocycles. The molecular formula is C15H10Br2O3. The van der Waals surface area contributed by atoms with Gasteiger partial charge in [-0.2, -0.15) is 0 Å². The van der Waals surface area contributed by atoms with E-state index in [2.05, 4.69) is 31.9 Å². The molecule has 102 valence electrons. The summed E-state index contributed by atoms with van der Waals surface area (Å²) < 4.78 is 1.24. The van der Waals surface area contributed by atoms with Crippen molar-refractivity contribution in [1.29, 1.82) is 0 Å². The minimum absolute atomic E-state index is 0.00267. The monoisotopic (exact) mass is 396 g/mol. The van der Waals surface area contributed by atoms with Gasteiger partial charge in [-0.1, -0.05) is 46.3 Å². The van der Waals surface area contributed by atoms with Gasteiger partial charge in [0.05, 0.1) is 10.0 Å². The number of benzene rings is 2. The van der Waals surface area contributed by atoms with Crippen LogP contribution in [-0.4, -0.2) is 16.2 Å². The predicted molar refractivity (Wildman–Crippen MR) is 85.5 cm³/mol. The standard InChI is InChI=1S/C15H10Br2O3/c16-11-6-10(14(18)13(17)8-11)7-12(15(19)20)9-4-2-1-3-5-9/h1-8,18H,(H,19,20)/b12-7+. The maximum Gasteiger partial charge on any atom is 0.336 e. The minimum Gasteiger partial charge on any atom is -0.506 e. The number of hydrogen-bond acceptors (Lipinski definition) is 2. The van der Waals surface area contributed by atoms with Gasteiger partial charge in [0, 0.05) is 10.0 Å². The second-order valence-corrected chi connectivity index (χ2v) is 5.82. The van der Waals surface area contributed by atoms with E-state index < -0.39 is 5.97 Å². The number of aromatic hydroxyl groups is 1. The number of carboxylic acid groups (broad SMARTS) is 1. The predicted octanol–water partition coefficient (Wildman–Crippen LogP) is 4.54. The van der Waals surface area contributed by atoms with Crippen molar-refractivity contribution in [2.75, 3.05) is 0 Å². The Morgan fingerprint density at radius 1 is 1.10 bits per heavy atom. The lowest BCUT2D eigenvalue weighted by molar-refractivity contribution is -0.130. The lowest BCUT2D eigenvalue weighted by atomic mass is 10.0. The first-order chi connectivity index (χ1) is 9.49. The Hall–Kier alpha value is -1.59. The van der Waals surface area contributed by atoms with Crippen LogP contribution in [0, 0.1) is 0 Å². The van der Waals surface area contributed by atoms with E-state index >= 15 is 0 Å². The zero-order chi connectivity index (χ0) is 14.7. The van der Waals surface area contributed by atoms with Gasteiger partial charge in [0.15, 0.2) is 0 Å². The third-order valence-corrected chi connectivity index (χ3v) is 3.74. The Labute approximate surface area is 132 Å². The molecule has 0 amide bonds. The third-order valence-electron chi connectivity index (χ3n) is 2.67. The number of phenolic OH excluding ortho intramolecular Hbond substituents is 1. The first kappa shape index (κ1) is 14.8. The number of phenols is 1. The summed E-state index contributed by atoms with van der Waals surface area (Å²) in [6.07, 6.45) is 1.45. The van der Waals surface area contributed by atoms with Crippen molar-refractivity contribution in [3.8, 4) is 5.75 Å². The van der Waals surface area contributed by atoms with E-state index in [9.17, 15) is 15.0 Å². The van der Waals surface area contributed by atoms with Crippen LogP contribution in [-0.2, 0) is 4.79 Å². The SMILES string of the molecule is O=C(O)/C(=C/c1cc(Br)cc(Br)c1O)c1ccccc1. The van der Waals surface area contributed by atoms with Gasteiger partial charge < -0.3 is 10.2 Å². The Kier molecular flexibility index (Phi) is 4.62. The molecule has 3 nitrogen and oxygen atoms in total. The van der Waals surface area contributed by atoms with Crippen LogP contribution in [0.4, 0.5) is 0 Å². The Morgan fingerprint density at radius 2 is 1.75 bits per heavy atom. The van der Waals surface area contributed by atoms with Crippen molar-refractivity contribution in [3.05, 3.63) is 62.5 Å². The minimum atomic E-state index is -1.05. The fourth-order valence-corrected chi connectivity index (χ4v) is 3.00. The summed E-state index contributed by atoms with van der Waals surface area (Å²) in [5.41, 5.74) is 1.12. The Morgan fingerprint density at radius 3 is 2.35 bits per heavy atom. The molecule has 0 aliphatic rings. The van der Waals surface area contributed by atoms with E-state index in [4.69, 9.17) is 0 Å². The van der Waals surface area contributed by atoms with Gasteiger partial charge in [0.2, 0.25) is 0 Å². The first-order valence-electron chi connectivity index (χ1n) is 5.67. The highest BCUT2D eigenvalue weighted by molar-refractivity contribution is 9.11. The van der Waals surface area contributed by atoms with Crippen LogP contribution in [0.2, 0.25) is 0 Å². The molecule has 0 aliphatic carbocycles. The molecule has 0 fully saturated rings. The summed E-state index contributed by atoms with van der Waals surface area (Å²) in [5, 5.41) is 19.3. The van der Waals surface area contributed by atoms with Gasteiger partial charge in [-0.3, -0.25) is 0 Å². The summed E-state index contributed by atoms with van der Waals surface area (Å²) in [6.45, 7) is 0. The Balaban J connectivity index is 2.59. The van der Waals surface area contributed by atoms with Crippen LogP contribution >= 0.6 is 31.9 Å². The molecule has 0 unspecified atom stereocenters. The molecule has 0 saturated heterocycles. The van der Waals surface area contributed by atoms with Crippen LogP contribution in [0.15, 0.2) is 51.4 Å². The molecule has 0 bridgehead atoms. The topological polar surface area (TPSA) is 57.5 Å². The van der Waals surface area contributed by atoms with Gasteiger partial charge >= 0.3 is 5.97 Å². The smallest absolute Gasteiger partial charge is 0.336 e. The van der Waals surface area contributed by atoms with Crippen molar-refractivity contribution in [3.63, 3.8) is 0 Å². The lowest BCUT2D eigenvalue weighted by Gasteiger charge is -2.06. The van der Waals surface area contributed by atoms with Crippen LogP contribution in [0.5, 0.6) is 5.75 Å². The summed E-state index contributed by atoms with van der Waals surface area (Å²) >= 11 is 6.54. The number of carbonyl (C=O) groups is 1. The lowest BCUT2D eigenvalue weighted by Crippen LogP contribution is -1.99. The average molecular weight is 398 g/mol. The molecule has 0 heterocycles. The summed E-state index contributed by atoms with van der Waals surface area (Å²) in [4.78, 5) is 11.4. The zero-order valence-electron chi connectivity index (χ0n) is 10.2. The molecule has 2 N–H and O–H groups in total. The molecule has 2 aromatic rings. The van der Waals surface area contributed by atoms with E-state index in [-0.39, 0.29) is 11.3 Å². The van der Waals surface area contributed by atoms with Crippen LogP contribution < -0.4 is 0 Å². The number of hydrogen-bond donors (Lipinski definition) is 2. The van der Waals surface area contributed by atoms with E-state index in [1.54, 1.807) is 36.4 Å². The molecule has 0 aliphatic heterocycles. The third kappa shape index (κ3) is 3.29. The highest BCUT2D eigenvalue weighted by Gasteiger charge is 2.13. The molecule has 0 spiro atoms. The van der Waals surface area contributed by atoms with Crippen molar-refractivity contribution >= 4 is 49.5 Å². The van der Waals surface area contributed by atoms with Gasteiger partial charge in [0.1, 0.15) is 5.75 Å². The van der Waals surface area contributed by atoms with Crippen molar-refractivity contribution in [1.82, 2.24) is 0 Å². The molecule has 0 atom stereocenters. The van der Waals surface area contributed by atoms with Gasteiger partial charge in [-0.25, -0.2) is 4.79 Å². The molecule has 5 heteroatoms. The number of halogens is 2. The summed E-state index contributed by atoms with van der Waals surface area (Å²) in [6, 6.07) is 12.1. The molecule has 0 aromatic heterocycles. The molecule has 0 radical (unpaired) electrons. The first-order valence-corrected chi connectivity index (χ1v) is 7.26. The zero-order valence-corrected chi connectivity index (χ0v) is 13.3. The van der Waals surface area contributed by atoms with E-state index in [1.807, 2.05) is 6.07 Å². The van der Waals surface area contributed by atoms with E-state index in [1.165, 1.54) is 6.08 Å². The number of aliphatic carboxylic acids is 1. The van der Waals surface area contributed by atoms with Crippen LogP contribution in [0.1, 0.15) is 11.1 Å². The van der Waals surface area contributed by atoms with Gasteiger partial charge in [0.25, 0.3) is 0 Å². The maximum absolute atomic E-state index is 11.4. The second-order valence-electron chi connectivity index (χ2n) is 4.05. The molecule has 2 aromatic carbocycles. The van der Waals surface area contributed by atoms with Gasteiger partial charge in [-0.05, 0) is 39.7 Å². The van der Waals surface area contributed by atoms with Crippen molar-refractivity contribution < 1.29 is 15.0 Å². The van der Waals surface area contributed by atoms with E-state index in [0.29, 0.717) is 15.6 Å². The largest absolute Gasteiger partial charge is 0.506 e. The van der Waals surface area contributed by atoms with Crippen LogP contribution in [0.3, 0.4) is 0 Å². The number of carboxylic acids is 1. The highest BCUT2D eigenvalue weighted by atomic mass is 79.9. The number of rotatable bonds is 3. The molecule has 20 heavy (non-hydrogen) atoms. The summed E-state index contributed by atoms with van der Waals surface area (Å²) in [5.74, 6) is -1.05. The average Bonchev–Trinajstić information content (AvgIpc) is 2.41. The van der Waals surface area contributed by atoms with Crippen LogP contribution in [0.25, 0.3) is 11.6 Å². The van der Waals surface area contributed by atoms with Crippen molar-refractivity contribution in [2.45, 2.75) is 0 Å². The highest BCUT2D eigenvalue weighted by Crippen LogP contribution is 2.34. The summed E-state index contributed by atoms with van der Waals surface area (Å²) in [7, 11) is 0. The molecule has 2 rings (SSSR count). The Bertz CT molecular complexity index is 679. The second kappa shape index (κ2) is 6.24. The van der Waals surface area contributed by atoms with Crippen molar-refractivity contribution in [2.24, 2.45) is 0 Å². The maximum atomic E-state index is 11.4. The molecular weight excluding hydrogens is 388 g/mol. The van der Waals surface area contributed by atoms with Gasteiger partial charge in [-0.15, -0.1) is 0 Å². The fourth-order valence-electron chi connectivity index (χ4n) is 1.74. The normalized spacial score (nSPS) is 11.4. The fraction of sp³-hybridized carbons (Fsp3) is 0. The van der Waals surface area contributed by atoms with E-state index in [0.717, 1.165) is 4.47 Å².